The maximum atomic E-state index is 5.63. The quantitative estimate of drug-likeness (QED) is 0.353. The van der Waals surface area contributed by atoms with Gasteiger partial charge in [-0.25, -0.2) is 0 Å². The summed E-state index contributed by atoms with van der Waals surface area (Å²) in [5.74, 6) is 0. The molecule has 0 aromatic heterocycles. The summed E-state index contributed by atoms with van der Waals surface area (Å²) in [6.07, 6.45) is 14.4. The second-order valence-electron chi connectivity index (χ2n) is 5.41. The van der Waals surface area contributed by atoms with Gasteiger partial charge in [0.15, 0.2) is 0 Å². The molecular weight excluding hydrogens is 236 g/mol. The average molecular weight is 272 g/mol. The lowest BCUT2D eigenvalue weighted by Crippen LogP contribution is -2.00. The van der Waals surface area contributed by atoms with Crippen LogP contribution in [0.2, 0.25) is 0 Å². The van der Waals surface area contributed by atoms with Crippen molar-refractivity contribution in [2.24, 2.45) is 0 Å². The lowest BCUT2D eigenvalue weighted by molar-refractivity contribution is 0.101. The molecule has 2 nitrogen and oxygen atoms in total. The van der Waals surface area contributed by atoms with Crippen molar-refractivity contribution in [1.29, 1.82) is 0 Å². The van der Waals surface area contributed by atoms with E-state index in [-0.39, 0.29) is 0 Å². The van der Waals surface area contributed by atoms with Crippen molar-refractivity contribution in [2.45, 2.75) is 84.5 Å². The first-order chi connectivity index (χ1) is 9.41. The normalized spacial score (nSPS) is 11.1. The summed E-state index contributed by atoms with van der Waals surface area (Å²) in [4.78, 5) is 0. The second kappa shape index (κ2) is 17.9. The first-order valence-corrected chi connectivity index (χ1v) is 8.57. The number of hydrogen-bond acceptors (Lipinski definition) is 2. The molecule has 0 aliphatic heterocycles. The Balaban J connectivity index is 2.88. The van der Waals surface area contributed by atoms with E-state index in [0.717, 1.165) is 45.7 Å². The Morgan fingerprint density at radius 3 is 1.37 bits per heavy atom. The first-order valence-electron chi connectivity index (χ1n) is 8.57. The van der Waals surface area contributed by atoms with E-state index in [4.69, 9.17) is 9.47 Å². The van der Waals surface area contributed by atoms with Crippen LogP contribution in [-0.2, 0) is 9.47 Å². The summed E-state index contributed by atoms with van der Waals surface area (Å²) < 4.78 is 11.1. The van der Waals surface area contributed by atoms with Gasteiger partial charge in [-0.05, 0) is 25.7 Å². The third kappa shape index (κ3) is 17.9. The molecule has 0 aliphatic rings. The number of hydrogen-bond donors (Lipinski definition) is 0. The SMILES string of the molecule is CCCCCCCCCCOCCCCOCCC. The second-order valence-corrected chi connectivity index (χ2v) is 5.41. The zero-order valence-corrected chi connectivity index (χ0v) is 13.4. The van der Waals surface area contributed by atoms with Crippen molar-refractivity contribution in [3.8, 4) is 0 Å². The molecule has 0 unspecified atom stereocenters. The van der Waals surface area contributed by atoms with Crippen LogP contribution in [0.25, 0.3) is 0 Å². The zero-order valence-electron chi connectivity index (χ0n) is 13.4. The van der Waals surface area contributed by atoms with Crippen molar-refractivity contribution in [2.75, 3.05) is 26.4 Å². The molecule has 0 aromatic rings. The Hall–Kier alpha value is -0.0800. The fourth-order valence-corrected chi connectivity index (χ4v) is 2.09. The predicted molar refractivity (Wildman–Crippen MR) is 83.8 cm³/mol. The van der Waals surface area contributed by atoms with Crippen LogP contribution in [0, 0.1) is 0 Å². The van der Waals surface area contributed by atoms with Crippen LogP contribution < -0.4 is 0 Å². The summed E-state index contributed by atoms with van der Waals surface area (Å²) in [6, 6.07) is 0. The van der Waals surface area contributed by atoms with Crippen LogP contribution in [0.4, 0.5) is 0 Å². The molecule has 0 saturated heterocycles. The van der Waals surface area contributed by atoms with Crippen molar-refractivity contribution in [3.05, 3.63) is 0 Å². The number of ether oxygens (including phenoxy) is 2. The fourth-order valence-electron chi connectivity index (χ4n) is 2.09. The van der Waals surface area contributed by atoms with Crippen molar-refractivity contribution >= 4 is 0 Å². The summed E-state index contributed by atoms with van der Waals surface area (Å²) in [5, 5.41) is 0. The van der Waals surface area contributed by atoms with E-state index in [1.54, 1.807) is 0 Å². The lowest BCUT2D eigenvalue weighted by atomic mass is 10.1. The van der Waals surface area contributed by atoms with Gasteiger partial charge in [-0.2, -0.15) is 0 Å². The summed E-state index contributed by atoms with van der Waals surface area (Å²) in [7, 11) is 0. The Labute approximate surface area is 121 Å². The monoisotopic (exact) mass is 272 g/mol. The molecule has 2 heteroatoms. The summed E-state index contributed by atoms with van der Waals surface area (Å²) >= 11 is 0. The Morgan fingerprint density at radius 1 is 0.421 bits per heavy atom. The van der Waals surface area contributed by atoms with Gasteiger partial charge in [0.05, 0.1) is 0 Å². The summed E-state index contributed by atoms with van der Waals surface area (Å²) in [5.41, 5.74) is 0. The predicted octanol–water partition coefficient (Wildman–Crippen LogP) is 5.35. The molecule has 0 aliphatic carbocycles. The minimum Gasteiger partial charge on any atom is -0.381 e. The van der Waals surface area contributed by atoms with Gasteiger partial charge >= 0.3 is 0 Å². The van der Waals surface area contributed by atoms with Crippen LogP contribution in [0.3, 0.4) is 0 Å². The van der Waals surface area contributed by atoms with Crippen LogP contribution in [0.5, 0.6) is 0 Å². The molecule has 0 amide bonds. The van der Waals surface area contributed by atoms with Crippen LogP contribution in [0.1, 0.15) is 84.5 Å². The molecule has 0 heterocycles. The van der Waals surface area contributed by atoms with Gasteiger partial charge in [-0.1, -0.05) is 58.8 Å². The van der Waals surface area contributed by atoms with E-state index in [9.17, 15) is 0 Å². The van der Waals surface area contributed by atoms with E-state index in [0.29, 0.717) is 0 Å². The molecule has 0 aromatic carbocycles. The van der Waals surface area contributed by atoms with Gasteiger partial charge in [0.2, 0.25) is 0 Å². The third-order valence-electron chi connectivity index (χ3n) is 3.32. The molecule has 19 heavy (non-hydrogen) atoms. The Kier molecular flexibility index (Phi) is 17.8. The van der Waals surface area contributed by atoms with E-state index in [1.165, 1.54) is 51.4 Å². The van der Waals surface area contributed by atoms with Crippen LogP contribution in [-0.4, -0.2) is 26.4 Å². The highest BCUT2D eigenvalue weighted by Gasteiger charge is 1.93. The van der Waals surface area contributed by atoms with Crippen LogP contribution in [0.15, 0.2) is 0 Å². The van der Waals surface area contributed by atoms with Gasteiger partial charge in [-0.15, -0.1) is 0 Å². The molecule has 0 fully saturated rings. The minimum atomic E-state index is 0.898. The molecule has 0 spiro atoms. The molecule has 0 bridgehead atoms. The minimum absolute atomic E-state index is 0.898. The molecule has 0 atom stereocenters. The van der Waals surface area contributed by atoms with E-state index in [2.05, 4.69) is 13.8 Å². The molecule has 0 saturated carbocycles. The fraction of sp³-hybridized carbons (Fsp3) is 1.00. The maximum absolute atomic E-state index is 5.63. The van der Waals surface area contributed by atoms with Gasteiger partial charge in [0.1, 0.15) is 0 Å². The van der Waals surface area contributed by atoms with E-state index < -0.39 is 0 Å². The Morgan fingerprint density at radius 2 is 0.842 bits per heavy atom. The molecule has 0 rings (SSSR count). The molecule has 116 valence electrons. The molecular formula is C17H36O2. The van der Waals surface area contributed by atoms with Gasteiger partial charge < -0.3 is 9.47 Å². The highest BCUT2D eigenvalue weighted by molar-refractivity contribution is 4.46. The van der Waals surface area contributed by atoms with E-state index >= 15 is 0 Å². The largest absolute Gasteiger partial charge is 0.381 e. The van der Waals surface area contributed by atoms with Crippen LogP contribution >= 0.6 is 0 Å². The third-order valence-corrected chi connectivity index (χ3v) is 3.32. The lowest BCUT2D eigenvalue weighted by Gasteiger charge is -2.05. The smallest absolute Gasteiger partial charge is 0.0466 e. The summed E-state index contributed by atoms with van der Waals surface area (Å²) in [6.45, 7) is 8.07. The highest BCUT2D eigenvalue weighted by Crippen LogP contribution is 2.08. The first kappa shape index (κ1) is 18.9. The number of unbranched alkanes of at least 4 members (excludes halogenated alkanes) is 8. The molecule has 0 radical (unpaired) electrons. The maximum Gasteiger partial charge on any atom is 0.0466 e. The topological polar surface area (TPSA) is 18.5 Å². The van der Waals surface area contributed by atoms with Crippen molar-refractivity contribution in [3.63, 3.8) is 0 Å². The zero-order chi connectivity index (χ0) is 14.0. The average Bonchev–Trinajstić information content (AvgIpc) is 2.43. The van der Waals surface area contributed by atoms with Gasteiger partial charge in [0.25, 0.3) is 0 Å². The number of rotatable bonds is 16. The van der Waals surface area contributed by atoms with Gasteiger partial charge in [0, 0.05) is 26.4 Å². The Bertz CT molecular complexity index is 132. The van der Waals surface area contributed by atoms with E-state index in [1.807, 2.05) is 0 Å². The standard InChI is InChI=1S/C17H36O2/c1-3-5-6-7-8-9-10-11-15-19-17-13-12-16-18-14-4-2/h3-17H2,1-2H3. The highest BCUT2D eigenvalue weighted by atomic mass is 16.5. The van der Waals surface area contributed by atoms with Crippen molar-refractivity contribution < 1.29 is 9.47 Å². The molecule has 0 N–H and O–H groups in total. The van der Waals surface area contributed by atoms with Gasteiger partial charge in [-0.3, -0.25) is 0 Å². The van der Waals surface area contributed by atoms with Crippen molar-refractivity contribution in [1.82, 2.24) is 0 Å².